The number of rotatable bonds is 7. The van der Waals surface area contributed by atoms with E-state index >= 15 is 0 Å². The van der Waals surface area contributed by atoms with Crippen LogP contribution in [0.5, 0.6) is 11.5 Å². The molecule has 0 aliphatic carbocycles. The van der Waals surface area contributed by atoms with Crippen LogP contribution in [0.2, 0.25) is 0 Å². The Kier molecular flexibility index (Phi) is 6.15. The summed E-state index contributed by atoms with van der Waals surface area (Å²) in [5.41, 5.74) is 0.345. The summed E-state index contributed by atoms with van der Waals surface area (Å²) in [6.07, 6.45) is 0. The van der Waals surface area contributed by atoms with E-state index in [2.05, 4.69) is 0 Å². The molecule has 1 aliphatic rings. The minimum Gasteiger partial charge on any atom is -0.486 e. The zero-order chi connectivity index (χ0) is 20.1. The third-order valence-corrected chi connectivity index (χ3v) is 4.99. The number of Topliss-reactive ketones (excluding diaryl/α,β-unsaturated/α-hetero) is 1. The van der Waals surface area contributed by atoms with Gasteiger partial charge in [-0.2, -0.15) is 0 Å². The molecule has 146 valence electrons. The van der Waals surface area contributed by atoms with E-state index in [0.29, 0.717) is 35.2 Å². The Labute approximate surface area is 164 Å². The number of nitro benzene ring substituents is 1. The maximum absolute atomic E-state index is 12.3. The van der Waals surface area contributed by atoms with Crippen LogP contribution in [0.25, 0.3) is 0 Å². The van der Waals surface area contributed by atoms with Crippen LogP contribution in [-0.2, 0) is 9.53 Å². The molecule has 28 heavy (non-hydrogen) atoms. The molecule has 1 aliphatic heterocycles. The zero-order valence-electron chi connectivity index (χ0n) is 15.0. The van der Waals surface area contributed by atoms with Gasteiger partial charge in [-0.25, -0.2) is 0 Å². The van der Waals surface area contributed by atoms with Gasteiger partial charge in [0.2, 0.25) is 0 Å². The second-order valence-electron chi connectivity index (χ2n) is 5.90. The fourth-order valence-electron chi connectivity index (χ4n) is 2.45. The van der Waals surface area contributed by atoms with Crippen molar-refractivity contribution in [3.05, 3.63) is 58.1 Å². The standard InChI is InChI=1S/C19H17NO7S/c1-12(28-15-5-3-14(4-6-15)20(23)24)19(22)27-11-16(21)13-2-7-17-18(10-13)26-9-8-25-17/h2-7,10,12H,8-9,11H2,1H3/t12-/m1/s1. The minimum atomic E-state index is -0.575. The number of nitrogens with zero attached hydrogens (tertiary/aromatic N) is 1. The van der Waals surface area contributed by atoms with E-state index in [-0.39, 0.29) is 18.1 Å². The first kappa shape index (κ1) is 19.7. The fraction of sp³-hybridized carbons (Fsp3) is 0.263. The lowest BCUT2D eigenvalue weighted by atomic mass is 10.1. The average molecular weight is 403 g/mol. The van der Waals surface area contributed by atoms with Crippen molar-refractivity contribution in [1.82, 2.24) is 0 Å². The van der Waals surface area contributed by atoms with Crippen LogP contribution in [-0.4, -0.2) is 41.7 Å². The summed E-state index contributed by atoms with van der Waals surface area (Å²) in [5.74, 6) is 0.172. The molecule has 0 fully saturated rings. The van der Waals surface area contributed by atoms with E-state index < -0.39 is 16.1 Å². The second kappa shape index (κ2) is 8.75. The van der Waals surface area contributed by atoms with Crippen molar-refractivity contribution in [3.8, 4) is 11.5 Å². The number of non-ortho nitro benzene ring substituents is 1. The first-order chi connectivity index (χ1) is 13.4. The Hall–Kier alpha value is -3.07. The predicted octanol–water partition coefficient (Wildman–Crippen LogP) is 3.27. The quantitative estimate of drug-likeness (QED) is 0.228. The molecule has 0 bridgehead atoms. The molecule has 0 saturated carbocycles. The summed E-state index contributed by atoms with van der Waals surface area (Å²) in [7, 11) is 0. The number of ketones is 1. The molecule has 2 aromatic carbocycles. The van der Waals surface area contributed by atoms with Crippen molar-refractivity contribution in [2.45, 2.75) is 17.1 Å². The second-order valence-corrected chi connectivity index (χ2v) is 7.31. The maximum Gasteiger partial charge on any atom is 0.319 e. The lowest BCUT2D eigenvalue weighted by Gasteiger charge is -2.18. The molecule has 0 amide bonds. The lowest BCUT2D eigenvalue weighted by Crippen LogP contribution is -2.21. The molecule has 8 nitrogen and oxygen atoms in total. The molecule has 3 rings (SSSR count). The van der Waals surface area contributed by atoms with Crippen LogP contribution in [0.1, 0.15) is 17.3 Å². The molecular formula is C19H17NO7S. The monoisotopic (exact) mass is 403 g/mol. The van der Waals surface area contributed by atoms with Gasteiger partial charge in [0.15, 0.2) is 23.9 Å². The van der Waals surface area contributed by atoms with Gasteiger partial charge >= 0.3 is 5.97 Å². The van der Waals surface area contributed by atoms with Crippen molar-refractivity contribution in [2.24, 2.45) is 0 Å². The smallest absolute Gasteiger partial charge is 0.319 e. The molecule has 2 aromatic rings. The van der Waals surface area contributed by atoms with Gasteiger partial charge < -0.3 is 14.2 Å². The fourth-order valence-corrected chi connectivity index (χ4v) is 3.32. The molecular weight excluding hydrogens is 386 g/mol. The topological polar surface area (TPSA) is 105 Å². The molecule has 0 spiro atoms. The molecule has 0 N–H and O–H groups in total. The van der Waals surface area contributed by atoms with E-state index in [9.17, 15) is 19.7 Å². The van der Waals surface area contributed by atoms with E-state index in [1.165, 1.54) is 23.9 Å². The van der Waals surface area contributed by atoms with Gasteiger partial charge in [-0.1, -0.05) is 0 Å². The van der Waals surface area contributed by atoms with Crippen molar-refractivity contribution in [1.29, 1.82) is 0 Å². The Morgan fingerprint density at radius 1 is 1.14 bits per heavy atom. The molecule has 0 aromatic heterocycles. The van der Waals surface area contributed by atoms with E-state index in [4.69, 9.17) is 14.2 Å². The van der Waals surface area contributed by atoms with Crippen LogP contribution in [0, 0.1) is 10.1 Å². The molecule has 1 heterocycles. The number of fused-ring (bicyclic) bond motifs is 1. The number of ether oxygens (including phenoxy) is 3. The van der Waals surface area contributed by atoms with E-state index in [1.807, 2.05) is 0 Å². The number of hydrogen-bond donors (Lipinski definition) is 0. The van der Waals surface area contributed by atoms with Gasteiger partial charge in [0.25, 0.3) is 5.69 Å². The van der Waals surface area contributed by atoms with Crippen molar-refractivity contribution in [3.63, 3.8) is 0 Å². The number of carbonyl (C=O) groups is 2. The van der Waals surface area contributed by atoms with Gasteiger partial charge in [-0.3, -0.25) is 19.7 Å². The maximum atomic E-state index is 12.3. The predicted molar refractivity (Wildman–Crippen MR) is 101 cm³/mol. The first-order valence-corrected chi connectivity index (χ1v) is 9.32. The highest BCUT2D eigenvalue weighted by Crippen LogP contribution is 2.31. The van der Waals surface area contributed by atoms with Gasteiger partial charge in [-0.05, 0) is 37.3 Å². The first-order valence-electron chi connectivity index (χ1n) is 8.44. The molecule has 0 radical (unpaired) electrons. The van der Waals surface area contributed by atoms with Gasteiger partial charge in [0.1, 0.15) is 18.5 Å². The van der Waals surface area contributed by atoms with Crippen LogP contribution < -0.4 is 9.47 Å². The van der Waals surface area contributed by atoms with Crippen LogP contribution in [0.3, 0.4) is 0 Å². The minimum absolute atomic E-state index is 0.0235. The molecule has 1 atom stereocenters. The van der Waals surface area contributed by atoms with Crippen LogP contribution >= 0.6 is 11.8 Å². The highest BCUT2D eigenvalue weighted by molar-refractivity contribution is 8.00. The van der Waals surface area contributed by atoms with Gasteiger partial charge in [0, 0.05) is 22.6 Å². The summed E-state index contributed by atoms with van der Waals surface area (Å²) in [4.78, 5) is 35.3. The lowest BCUT2D eigenvalue weighted by molar-refractivity contribution is -0.384. The highest BCUT2D eigenvalue weighted by Gasteiger charge is 2.20. The number of thioether (sulfide) groups is 1. The van der Waals surface area contributed by atoms with E-state index in [1.54, 1.807) is 37.3 Å². The molecule has 0 unspecified atom stereocenters. The summed E-state index contributed by atoms with van der Waals surface area (Å²) in [5, 5.41) is 10.1. The summed E-state index contributed by atoms with van der Waals surface area (Å²) < 4.78 is 15.9. The zero-order valence-corrected chi connectivity index (χ0v) is 15.8. The molecule has 9 heteroatoms. The summed E-state index contributed by atoms with van der Waals surface area (Å²) in [6.45, 7) is 2.13. The van der Waals surface area contributed by atoms with Crippen molar-refractivity contribution in [2.75, 3.05) is 19.8 Å². The SMILES string of the molecule is C[C@@H](Sc1ccc([N+](=O)[O-])cc1)C(=O)OCC(=O)c1ccc2c(c1)OCCO2. The Balaban J connectivity index is 1.52. The normalized spacial score (nSPS) is 13.5. The Bertz CT molecular complexity index is 898. The number of nitro groups is 1. The number of carbonyl (C=O) groups excluding carboxylic acids is 2. The summed E-state index contributed by atoms with van der Waals surface area (Å²) in [6, 6.07) is 10.7. The highest BCUT2D eigenvalue weighted by atomic mass is 32.2. The van der Waals surface area contributed by atoms with Gasteiger partial charge in [0.05, 0.1) is 4.92 Å². The van der Waals surface area contributed by atoms with Crippen molar-refractivity contribution < 1.29 is 28.7 Å². The van der Waals surface area contributed by atoms with Crippen molar-refractivity contribution >= 4 is 29.2 Å². The molecule has 0 saturated heterocycles. The largest absolute Gasteiger partial charge is 0.486 e. The average Bonchev–Trinajstić information content (AvgIpc) is 2.71. The Morgan fingerprint density at radius 3 is 2.50 bits per heavy atom. The van der Waals surface area contributed by atoms with E-state index in [0.717, 1.165) is 0 Å². The third kappa shape index (κ3) is 4.80. The number of esters is 1. The summed E-state index contributed by atoms with van der Waals surface area (Å²) >= 11 is 1.19. The van der Waals surface area contributed by atoms with Crippen LogP contribution in [0.4, 0.5) is 5.69 Å². The van der Waals surface area contributed by atoms with Crippen LogP contribution in [0.15, 0.2) is 47.4 Å². The van der Waals surface area contributed by atoms with Gasteiger partial charge in [-0.15, -0.1) is 11.8 Å². The third-order valence-electron chi connectivity index (χ3n) is 3.90. The Morgan fingerprint density at radius 2 is 1.82 bits per heavy atom. The number of hydrogen-bond acceptors (Lipinski definition) is 8. The number of benzene rings is 2.